The van der Waals surface area contributed by atoms with Gasteiger partial charge in [-0.3, -0.25) is 9.59 Å². The molecule has 0 atom stereocenters. The van der Waals surface area contributed by atoms with Crippen LogP contribution in [0.5, 0.6) is 0 Å². The summed E-state index contributed by atoms with van der Waals surface area (Å²) >= 11 is 0. The summed E-state index contributed by atoms with van der Waals surface area (Å²) in [6.07, 6.45) is 0. The molecule has 0 bridgehead atoms. The zero-order chi connectivity index (χ0) is 14.8. The molecule has 0 saturated carbocycles. The SMILES string of the molecule is O=C1[17O]C(c2ccccc2)=C(C(=O)c2ccccc2)C1=O. The van der Waals surface area contributed by atoms with Gasteiger partial charge in [-0.1, -0.05) is 60.7 Å². The molecule has 0 aliphatic carbocycles. The molecule has 1 aliphatic rings. The molecule has 102 valence electrons. The van der Waals surface area contributed by atoms with E-state index in [0.717, 1.165) is 0 Å². The first-order valence-electron chi connectivity index (χ1n) is 6.34. The van der Waals surface area contributed by atoms with Gasteiger partial charge in [-0.15, -0.1) is 0 Å². The molecule has 0 unspecified atom stereocenters. The van der Waals surface area contributed by atoms with E-state index in [9.17, 15) is 14.4 Å². The number of carbonyl (C=O) groups excluding carboxylic acids is 3. The maximum absolute atomic E-state index is 12.5. The van der Waals surface area contributed by atoms with Gasteiger partial charge in [0.15, 0.2) is 5.76 Å². The van der Waals surface area contributed by atoms with E-state index in [2.05, 4.69) is 0 Å². The molecule has 0 saturated heterocycles. The highest BCUT2D eigenvalue weighted by atomic mass is 17.4. The van der Waals surface area contributed by atoms with E-state index < -0.39 is 17.5 Å². The lowest BCUT2D eigenvalue weighted by molar-refractivity contribution is -0.144. The van der Waals surface area contributed by atoms with E-state index in [4.69, 9.17) is 4.74 Å². The summed E-state index contributed by atoms with van der Waals surface area (Å²) < 4.78 is 4.99. The summed E-state index contributed by atoms with van der Waals surface area (Å²) in [6.45, 7) is 0. The minimum Gasteiger partial charge on any atom is -0.419 e. The van der Waals surface area contributed by atoms with E-state index in [1.807, 2.05) is 0 Å². The van der Waals surface area contributed by atoms with Crippen molar-refractivity contribution in [2.75, 3.05) is 0 Å². The number of cyclic esters (lactones) is 1. The summed E-state index contributed by atoms with van der Waals surface area (Å²) in [6, 6.07) is 17.0. The molecule has 2 aromatic rings. The van der Waals surface area contributed by atoms with Crippen molar-refractivity contribution >= 4 is 23.3 Å². The van der Waals surface area contributed by atoms with Gasteiger partial charge in [-0.05, 0) is 0 Å². The van der Waals surface area contributed by atoms with Gasteiger partial charge in [-0.2, -0.15) is 0 Å². The van der Waals surface area contributed by atoms with Crippen LogP contribution in [0.3, 0.4) is 0 Å². The Bertz CT molecular complexity index is 758. The molecule has 0 N–H and O–H groups in total. The molecule has 1 heterocycles. The number of esters is 1. The average Bonchev–Trinajstić information content (AvgIpc) is 2.84. The third-order valence-corrected chi connectivity index (χ3v) is 3.13. The second kappa shape index (κ2) is 5.17. The minimum absolute atomic E-state index is 0.0273. The van der Waals surface area contributed by atoms with Crippen LogP contribution in [0.4, 0.5) is 0 Å². The molecular formula is C17H10O4. The second-order valence-electron chi connectivity index (χ2n) is 4.48. The van der Waals surface area contributed by atoms with Gasteiger partial charge in [0.05, 0.1) is 0 Å². The average molecular weight is 279 g/mol. The van der Waals surface area contributed by atoms with Crippen LogP contribution in [-0.4, -0.2) is 17.5 Å². The number of ketones is 2. The van der Waals surface area contributed by atoms with Crippen LogP contribution in [0.25, 0.3) is 5.76 Å². The zero-order valence-corrected chi connectivity index (χ0v) is 10.9. The summed E-state index contributed by atoms with van der Waals surface area (Å²) in [7, 11) is 0. The minimum atomic E-state index is -1.02. The topological polar surface area (TPSA) is 60.4 Å². The molecule has 21 heavy (non-hydrogen) atoms. The van der Waals surface area contributed by atoms with Crippen LogP contribution in [0.1, 0.15) is 15.9 Å². The third kappa shape index (κ3) is 2.27. The molecule has 4 heteroatoms. The van der Waals surface area contributed by atoms with Crippen LogP contribution in [0, 0.1) is 0 Å². The third-order valence-electron chi connectivity index (χ3n) is 3.13. The van der Waals surface area contributed by atoms with Gasteiger partial charge >= 0.3 is 5.97 Å². The van der Waals surface area contributed by atoms with Gasteiger partial charge in [0.25, 0.3) is 5.78 Å². The van der Waals surface area contributed by atoms with Crippen LogP contribution >= 0.6 is 0 Å². The quantitative estimate of drug-likeness (QED) is 0.374. The molecular weight excluding hydrogens is 269 g/mol. The van der Waals surface area contributed by atoms with Crippen molar-refractivity contribution in [2.45, 2.75) is 0 Å². The van der Waals surface area contributed by atoms with Gasteiger partial charge < -0.3 is 4.74 Å². The monoisotopic (exact) mass is 279 g/mol. The Morgan fingerprint density at radius 3 is 2.00 bits per heavy atom. The number of ether oxygens (including phenoxy) is 1. The number of carbonyl (C=O) groups is 3. The summed E-state index contributed by atoms with van der Waals surface area (Å²) in [5.74, 6) is -2.40. The molecule has 0 spiro atoms. The molecule has 3 rings (SSSR count). The lowest BCUT2D eigenvalue weighted by atomic mass is 9.98. The Morgan fingerprint density at radius 1 is 0.810 bits per heavy atom. The number of hydrogen-bond acceptors (Lipinski definition) is 4. The number of Topliss-reactive ketones (excluding diaryl/α,β-unsaturated/α-hetero) is 2. The van der Waals surface area contributed by atoms with Crippen LogP contribution in [0.2, 0.25) is 0 Å². The first-order valence-corrected chi connectivity index (χ1v) is 6.34. The fourth-order valence-electron chi connectivity index (χ4n) is 2.13. The normalized spacial score (nSPS) is 14.3. The second-order valence-corrected chi connectivity index (χ2v) is 4.48. The molecule has 4 nitrogen and oxygen atoms in total. The highest BCUT2D eigenvalue weighted by Crippen LogP contribution is 2.29. The molecule has 0 aromatic heterocycles. The van der Waals surface area contributed by atoms with Crippen molar-refractivity contribution in [3.05, 3.63) is 77.4 Å². The first kappa shape index (κ1) is 13.0. The molecule has 1 aliphatic heterocycles. The highest BCUT2D eigenvalue weighted by Gasteiger charge is 2.39. The number of benzene rings is 2. The van der Waals surface area contributed by atoms with Crippen molar-refractivity contribution in [1.29, 1.82) is 0 Å². The molecule has 2 aromatic carbocycles. The Balaban J connectivity index is 2.13. The van der Waals surface area contributed by atoms with Crippen molar-refractivity contribution in [3.8, 4) is 0 Å². The Kier molecular flexibility index (Phi) is 3.20. The predicted molar refractivity (Wildman–Crippen MR) is 75.2 cm³/mol. The van der Waals surface area contributed by atoms with Gasteiger partial charge in [0, 0.05) is 11.1 Å². The van der Waals surface area contributed by atoms with Crippen molar-refractivity contribution < 1.29 is 19.1 Å². The van der Waals surface area contributed by atoms with E-state index in [0.29, 0.717) is 11.1 Å². The van der Waals surface area contributed by atoms with Crippen LogP contribution in [-0.2, 0) is 14.3 Å². The van der Waals surface area contributed by atoms with E-state index >= 15 is 0 Å². The highest BCUT2D eigenvalue weighted by molar-refractivity contribution is 6.53. The Morgan fingerprint density at radius 2 is 1.38 bits per heavy atom. The number of rotatable bonds is 3. The fourth-order valence-corrected chi connectivity index (χ4v) is 2.13. The summed E-state index contributed by atoms with van der Waals surface area (Å²) in [4.78, 5) is 36.0. The summed E-state index contributed by atoms with van der Waals surface area (Å²) in [5, 5.41) is 0. The lowest BCUT2D eigenvalue weighted by Gasteiger charge is -2.04. The van der Waals surface area contributed by atoms with Gasteiger partial charge in [-0.25, -0.2) is 4.79 Å². The Labute approximate surface area is 120 Å². The van der Waals surface area contributed by atoms with Crippen LogP contribution < -0.4 is 0 Å². The van der Waals surface area contributed by atoms with Crippen molar-refractivity contribution in [1.82, 2.24) is 0 Å². The maximum Gasteiger partial charge on any atom is 0.385 e. The van der Waals surface area contributed by atoms with Crippen molar-refractivity contribution in [3.63, 3.8) is 0 Å². The fraction of sp³-hybridized carbons (Fsp3) is 0. The molecule has 0 amide bonds. The first-order chi connectivity index (χ1) is 10.2. The van der Waals surface area contributed by atoms with E-state index in [1.54, 1.807) is 60.7 Å². The van der Waals surface area contributed by atoms with E-state index in [-0.39, 0.29) is 11.3 Å². The lowest BCUT2D eigenvalue weighted by Crippen LogP contribution is -2.16. The number of hydrogen-bond donors (Lipinski definition) is 0. The van der Waals surface area contributed by atoms with Crippen LogP contribution in [0.15, 0.2) is 66.2 Å². The zero-order valence-electron chi connectivity index (χ0n) is 10.9. The van der Waals surface area contributed by atoms with E-state index in [1.165, 1.54) is 0 Å². The molecule has 0 fully saturated rings. The standard InChI is InChI=1S/C17H10O4/c18-14(11-7-3-1-4-8-11)13-15(19)17(20)21-16(13)12-9-5-2-6-10-12/h1-10H/i21+1. The van der Waals surface area contributed by atoms with Gasteiger partial charge in [0.2, 0.25) is 5.78 Å². The largest absolute Gasteiger partial charge is 0.419 e. The predicted octanol–water partition coefficient (Wildman–Crippen LogP) is 2.41. The van der Waals surface area contributed by atoms with Crippen molar-refractivity contribution in [2.24, 2.45) is 0 Å². The smallest absolute Gasteiger partial charge is 0.385 e. The maximum atomic E-state index is 12.5. The summed E-state index contributed by atoms with van der Waals surface area (Å²) in [5.41, 5.74) is 0.654. The van der Waals surface area contributed by atoms with Gasteiger partial charge in [0.1, 0.15) is 5.57 Å². The Hall–Kier alpha value is -3.01. The molecule has 0 radical (unpaired) electrons.